The molecule has 3 rings (SSSR count). The average Bonchev–Trinajstić information content (AvgIpc) is 2.42. The molecular weight excluding hydrogens is 258 g/mol. The van der Waals surface area contributed by atoms with Crippen LogP contribution in [0, 0.1) is 19.8 Å². The summed E-state index contributed by atoms with van der Waals surface area (Å²) in [6.45, 7) is 9.77. The second kappa shape index (κ2) is 5.44. The molecule has 0 aromatic heterocycles. The van der Waals surface area contributed by atoms with Gasteiger partial charge in [-0.3, -0.25) is 0 Å². The van der Waals surface area contributed by atoms with Gasteiger partial charge in [-0.25, -0.2) is 0 Å². The molecule has 1 aliphatic rings. The summed E-state index contributed by atoms with van der Waals surface area (Å²) >= 11 is 0. The number of hydrogen-bond donors (Lipinski definition) is 0. The van der Waals surface area contributed by atoms with Crippen LogP contribution < -0.4 is 9.64 Å². The number of fused-ring (bicyclic) bond motifs is 2. The minimum absolute atomic E-state index is 0.690. The number of nitrogens with zero attached hydrogens (tertiary/aromatic N) is 1. The lowest BCUT2D eigenvalue weighted by molar-refractivity contribution is 0.469. The SMILES string of the molecule is Cc1ccc2c(c1)Oc1cc(C)ccc1N2CCC(C)C. The van der Waals surface area contributed by atoms with Crippen molar-refractivity contribution in [2.75, 3.05) is 11.4 Å². The minimum atomic E-state index is 0.690. The van der Waals surface area contributed by atoms with Crippen LogP contribution in [0.5, 0.6) is 11.5 Å². The fourth-order valence-corrected chi connectivity index (χ4v) is 2.73. The maximum atomic E-state index is 6.13. The Morgan fingerprint density at radius 1 is 0.905 bits per heavy atom. The van der Waals surface area contributed by atoms with Crippen molar-refractivity contribution in [2.24, 2.45) is 5.92 Å². The first-order valence-electron chi connectivity index (χ1n) is 7.71. The number of anilines is 2. The molecule has 2 nitrogen and oxygen atoms in total. The molecule has 0 saturated carbocycles. The van der Waals surface area contributed by atoms with Gasteiger partial charge < -0.3 is 9.64 Å². The molecule has 2 aromatic carbocycles. The van der Waals surface area contributed by atoms with Crippen molar-refractivity contribution in [1.29, 1.82) is 0 Å². The highest BCUT2D eigenvalue weighted by atomic mass is 16.5. The van der Waals surface area contributed by atoms with Crippen LogP contribution in [0.15, 0.2) is 36.4 Å². The summed E-state index contributed by atoms with van der Waals surface area (Å²) in [6.07, 6.45) is 1.17. The van der Waals surface area contributed by atoms with Gasteiger partial charge in [-0.2, -0.15) is 0 Å². The molecule has 1 heterocycles. The zero-order valence-corrected chi connectivity index (χ0v) is 13.3. The molecule has 1 aliphatic heterocycles. The average molecular weight is 281 g/mol. The predicted octanol–water partition coefficient (Wildman–Crippen LogP) is 5.59. The summed E-state index contributed by atoms with van der Waals surface area (Å²) in [7, 11) is 0. The normalized spacial score (nSPS) is 12.9. The molecule has 0 atom stereocenters. The Morgan fingerprint density at radius 3 is 1.90 bits per heavy atom. The van der Waals surface area contributed by atoms with Crippen molar-refractivity contribution >= 4 is 11.4 Å². The van der Waals surface area contributed by atoms with E-state index >= 15 is 0 Å². The van der Waals surface area contributed by atoms with Crippen LogP contribution in [0.25, 0.3) is 0 Å². The van der Waals surface area contributed by atoms with Gasteiger partial charge in [0, 0.05) is 6.54 Å². The van der Waals surface area contributed by atoms with Gasteiger partial charge in [0.15, 0.2) is 11.5 Å². The zero-order valence-electron chi connectivity index (χ0n) is 13.3. The molecular formula is C19H23NO. The first-order chi connectivity index (χ1) is 10.0. The van der Waals surface area contributed by atoms with Gasteiger partial charge in [0.1, 0.15) is 0 Å². The van der Waals surface area contributed by atoms with E-state index in [1.165, 1.54) is 28.9 Å². The Labute approximate surface area is 127 Å². The van der Waals surface area contributed by atoms with E-state index in [1.54, 1.807) is 0 Å². The fraction of sp³-hybridized carbons (Fsp3) is 0.368. The van der Waals surface area contributed by atoms with Gasteiger partial charge in [-0.05, 0) is 61.6 Å². The van der Waals surface area contributed by atoms with E-state index in [2.05, 4.69) is 69.0 Å². The Balaban J connectivity index is 2.05. The lowest BCUT2D eigenvalue weighted by Gasteiger charge is -2.33. The third-order valence-corrected chi connectivity index (χ3v) is 3.96. The summed E-state index contributed by atoms with van der Waals surface area (Å²) < 4.78 is 6.13. The van der Waals surface area contributed by atoms with E-state index in [1.807, 2.05) is 0 Å². The monoisotopic (exact) mass is 281 g/mol. The maximum absolute atomic E-state index is 6.13. The van der Waals surface area contributed by atoms with Crippen LogP contribution in [-0.2, 0) is 0 Å². The minimum Gasteiger partial charge on any atom is -0.453 e. The van der Waals surface area contributed by atoms with E-state index in [4.69, 9.17) is 4.74 Å². The maximum Gasteiger partial charge on any atom is 0.151 e. The first-order valence-corrected chi connectivity index (χ1v) is 7.71. The second-order valence-electron chi connectivity index (χ2n) is 6.38. The molecule has 2 aromatic rings. The van der Waals surface area contributed by atoms with Crippen molar-refractivity contribution in [3.05, 3.63) is 47.5 Å². The second-order valence-corrected chi connectivity index (χ2v) is 6.38. The lowest BCUT2D eigenvalue weighted by Crippen LogP contribution is -2.23. The van der Waals surface area contributed by atoms with Crippen molar-refractivity contribution in [3.63, 3.8) is 0 Å². The Bertz CT molecular complexity index is 609. The summed E-state index contributed by atoms with van der Waals surface area (Å²) in [6, 6.07) is 12.9. The summed E-state index contributed by atoms with van der Waals surface area (Å²) in [4.78, 5) is 2.40. The zero-order chi connectivity index (χ0) is 15.0. The van der Waals surface area contributed by atoms with E-state index in [-0.39, 0.29) is 0 Å². The van der Waals surface area contributed by atoms with Gasteiger partial charge >= 0.3 is 0 Å². The smallest absolute Gasteiger partial charge is 0.151 e. The van der Waals surface area contributed by atoms with Crippen molar-refractivity contribution in [3.8, 4) is 11.5 Å². The molecule has 110 valence electrons. The number of rotatable bonds is 3. The molecule has 0 fully saturated rings. The molecule has 0 spiro atoms. The molecule has 0 amide bonds. The molecule has 0 saturated heterocycles. The van der Waals surface area contributed by atoms with Crippen molar-refractivity contribution in [1.82, 2.24) is 0 Å². The van der Waals surface area contributed by atoms with Gasteiger partial charge in [-0.1, -0.05) is 26.0 Å². The highest BCUT2D eigenvalue weighted by molar-refractivity contribution is 5.78. The Kier molecular flexibility index (Phi) is 3.62. The number of benzene rings is 2. The quantitative estimate of drug-likeness (QED) is 0.726. The highest BCUT2D eigenvalue weighted by Gasteiger charge is 2.24. The first kappa shape index (κ1) is 14.0. The van der Waals surface area contributed by atoms with Gasteiger partial charge in [0.25, 0.3) is 0 Å². The van der Waals surface area contributed by atoms with Crippen LogP contribution >= 0.6 is 0 Å². The molecule has 0 aliphatic carbocycles. The molecule has 0 unspecified atom stereocenters. The molecule has 0 radical (unpaired) electrons. The predicted molar refractivity (Wildman–Crippen MR) is 88.9 cm³/mol. The Hall–Kier alpha value is -1.96. The molecule has 0 N–H and O–H groups in total. The lowest BCUT2D eigenvalue weighted by atomic mass is 10.1. The van der Waals surface area contributed by atoms with Gasteiger partial charge in [-0.15, -0.1) is 0 Å². The van der Waals surface area contributed by atoms with Crippen molar-refractivity contribution < 1.29 is 4.74 Å². The highest BCUT2D eigenvalue weighted by Crippen LogP contribution is 2.47. The third kappa shape index (κ3) is 2.76. The number of ether oxygens (including phenoxy) is 1. The summed E-state index contributed by atoms with van der Waals surface area (Å²) in [5, 5.41) is 0. The number of hydrogen-bond acceptors (Lipinski definition) is 2. The third-order valence-electron chi connectivity index (χ3n) is 3.96. The largest absolute Gasteiger partial charge is 0.453 e. The fourth-order valence-electron chi connectivity index (χ4n) is 2.73. The molecule has 2 heteroatoms. The summed E-state index contributed by atoms with van der Waals surface area (Å²) in [5.41, 5.74) is 4.82. The standard InChI is InChI=1S/C19H23NO/c1-13(2)9-10-20-16-7-5-14(3)11-18(16)21-19-12-15(4)6-8-17(19)20/h5-8,11-13H,9-10H2,1-4H3. The van der Waals surface area contributed by atoms with E-state index in [0.29, 0.717) is 5.92 Å². The van der Waals surface area contributed by atoms with Crippen LogP contribution in [-0.4, -0.2) is 6.54 Å². The van der Waals surface area contributed by atoms with Crippen molar-refractivity contribution in [2.45, 2.75) is 34.1 Å². The van der Waals surface area contributed by atoms with E-state index in [9.17, 15) is 0 Å². The van der Waals surface area contributed by atoms with Gasteiger partial charge in [0.05, 0.1) is 11.4 Å². The van der Waals surface area contributed by atoms with Gasteiger partial charge in [0.2, 0.25) is 0 Å². The van der Waals surface area contributed by atoms with E-state index < -0.39 is 0 Å². The van der Waals surface area contributed by atoms with Crippen LogP contribution in [0.2, 0.25) is 0 Å². The molecule has 0 bridgehead atoms. The Morgan fingerprint density at radius 2 is 1.43 bits per heavy atom. The van der Waals surface area contributed by atoms with E-state index in [0.717, 1.165) is 18.0 Å². The van der Waals surface area contributed by atoms with Crippen LogP contribution in [0.1, 0.15) is 31.4 Å². The molecule has 21 heavy (non-hydrogen) atoms. The van der Waals surface area contributed by atoms with Crippen LogP contribution in [0.4, 0.5) is 11.4 Å². The number of aryl methyl sites for hydroxylation is 2. The van der Waals surface area contributed by atoms with Crippen LogP contribution in [0.3, 0.4) is 0 Å². The summed E-state index contributed by atoms with van der Waals surface area (Å²) in [5.74, 6) is 2.63. The topological polar surface area (TPSA) is 12.5 Å².